The number of aryl methyl sites for hydroxylation is 1. The zero-order valence-corrected chi connectivity index (χ0v) is 14.4. The van der Waals surface area contributed by atoms with Crippen LogP contribution in [0.2, 0.25) is 0 Å². The van der Waals surface area contributed by atoms with E-state index < -0.39 is 5.56 Å². The van der Waals surface area contributed by atoms with E-state index in [0.29, 0.717) is 18.5 Å². The highest BCUT2D eigenvalue weighted by Gasteiger charge is 2.33. The minimum atomic E-state index is -0.393. The van der Waals surface area contributed by atoms with E-state index in [0.717, 1.165) is 17.6 Å². The van der Waals surface area contributed by atoms with Gasteiger partial charge >= 0.3 is 0 Å². The van der Waals surface area contributed by atoms with Crippen molar-refractivity contribution in [2.75, 3.05) is 6.61 Å². The number of hydrogen-bond acceptors (Lipinski definition) is 4. The number of fused-ring (bicyclic) bond motifs is 1. The van der Waals surface area contributed by atoms with Crippen molar-refractivity contribution >= 4 is 16.8 Å². The van der Waals surface area contributed by atoms with Crippen LogP contribution in [-0.2, 0) is 11.3 Å². The lowest BCUT2D eigenvalue weighted by Gasteiger charge is -2.20. The van der Waals surface area contributed by atoms with E-state index in [1.807, 2.05) is 41.9 Å². The molecule has 2 atom stereocenters. The first-order valence-corrected chi connectivity index (χ1v) is 8.73. The van der Waals surface area contributed by atoms with Crippen molar-refractivity contribution in [2.24, 2.45) is 0 Å². The molecular formula is C19H20N4O3. The fourth-order valence-electron chi connectivity index (χ4n) is 3.44. The van der Waals surface area contributed by atoms with E-state index in [9.17, 15) is 9.59 Å². The van der Waals surface area contributed by atoms with Gasteiger partial charge in [0.2, 0.25) is 0 Å². The molecule has 0 bridgehead atoms. The van der Waals surface area contributed by atoms with Gasteiger partial charge in [-0.2, -0.15) is 5.10 Å². The molecule has 1 fully saturated rings. The molecular weight excluding hydrogens is 332 g/mol. The van der Waals surface area contributed by atoms with Crippen LogP contribution in [0.25, 0.3) is 10.9 Å². The van der Waals surface area contributed by atoms with Crippen molar-refractivity contribution in [3.8, 4) is 0 Å². The van der Waals surface area contributed by atoms with E-state index >= 15 is 0 Å². The van der Waals surface area contributed by atoms with E-state index in [1.54, 1.807) is 12.3 Å². The first-order chi connectivity index (χ1) is 12.7. The monoisotopic (exact) mass is 352 g/mol. The van der Waals surface area contributed by atoms with Gasteiger partial charge in [0.25, 0.3) is 11.5 Å². The lowest BCUT2D eigenvalue weighted by molar-refractivity contribution is 0.0788. The molecule has 0 saturated carbocycles. The number of pyridine rings is 1. The van der Waals surface area contributed by atoms with Crippen LogP contribution in [0.1, 0.15) is 35.5 Å². The van der Waals surface area contributed by atoms with Gasteiger partial charge in [0.15, 0.2) is 0 Å². The van der Waals surface area contributed by atoms with Gasteiger partial charge < -0.3 is 15.0 Å². The van der Waals surface area contributed by atoms with Gasteiger partial charge in [0.1, 0.15) is 11.7 Å². The second-order valence-corrected chi connectivity index (χ2v) is 6.33. The molecule has 134 valence electrons. The van der Waals surface area contributed by atoms with Crippen LogP contribution < -0.4 is 10.9 Å². The van der Waals surface area contributed by atoms with Crippen LogP contribution in [0.4, 0.5) is 0 Å². The summed E-state index contributed by atoms with van der Waals surface area (Å²) in [6.07, 6.45) is 2.16. The molecule has 3 heterocycles. The van der Waals surface area contributed by atoms with E-state index in [-0.39, 0.29) is 23.6 Å². The van der Waals surface area contributed by atoms with Crippen LogP contribution in [0.15, 0.2) is 47.4 Å². The number of nitrogens with one attached hydrogen (secondary N) is 2. The fourth-order valence-corrected chi connectivity index (χ4v) is 3.44. The molecule has 1 aromatic carbocycles. The SMILES string of the molecule is CCn1nccc1[C@H]1OCC[C@@H]1NC(=O)c1cc2ccccc2[nH]c1=O. The molecule has 1 saturated heterocycles. The van der Waals surface area contributed by atoms with Crippen molar-refractivity contribution in [3.63, 3.8) is 0 Å². The maximum absolute atomic E-state index is 12.7. The third-order valence-electron chi connectivity index (χ3n) is 4.75. The molecule has 2 N–H and O–H groups in total. The lowest BCUT2D eigenvalue weighted by atomic mass is 10.1. The van der Waals surface area contributed by atoms with Gasteiger partial charge in [-0.25, -0.2) is 0 Å². The number of H-pyrrole nitrogens is 1. The van der Waals surface area contributed by atoms with Gasteiger partial charge in [0, 0.05) is 24.9 Å². The van der Waals surface area contributed by atoms with Crippen LogP contribution >= 0.6 is 0 Å². The summed E-state index contributed by atoms with van der Waals surface area (Å²) in [6.45, 7) is 3.29. The largest absolute Gasteiger partial charge is 0.370 e. The maximum atomic E-state index is 12.7. The number of aromatic nitrogens is 3. The normalized spacial score (nSPS) is 19.7. The number of carbonyl (C=O) groups excluding carboxylic acids is 1. The number of para-hydroxylation sites is 1. The zero-order valence-electron chi connectivity index (χ0n) is 14.4. The van der Waals surface area contributed by atoms with Crippen LogP contribution in [0.5, 0.6) is 0 Å². The molecule has 0 spiro atoms. The molecule has 0 unspecified atom stereocenters. The first kappa shape index (κ1) is 16.5. The van der Waals surface area contributed by atoms with E-state index in [4.69, 9.17) is 4.74 Å². The third-order valence-corrected chi connectivity index (χ3v) is 4.75. The van der Waals surface area contributed by atoms with E-state index in [2.05, 4.69) is 15.4 Å². The maximum Gasteiger partial charge on any atom is 0.261 e. The van der Waals surface area contributed by atoms with E-state index in [1.165, 1.54) is 0 Å². The zero-order chi connectivity index (χ0) is 18.1. The number of benzene rings is 1. The summed E-state index contributed by atoms with van der Waals surface area (Å²) in [5.41, 5.74) is 1.36. The molecule has 7 heteroatoms. The number of carbonyl (C=O) groups is 1. The number of nitrogens with zero attached hydrogens (tertiary/aromatic N) is 2. The molecule has 0 radical (unpaired) electrons. The average molecular weight is 352 g/mol. The predicted molar refractivity (Wildman–Crippen MR) is 97.0 cm³/mol. The Morgan fingerprint density at radius 3 is 3.08 bits per heavy atom. The Hall–Kier alpha value is -2.93. The molecule has 26 heavy (non-hydrogen) atoms. The third kappa shape index (κ3) is 2.90. The Bertz CT molecular complexity index is 1010. The second kappa shape index (κ2) is 6.76. The smallest absolute Gasteiger partial charge is 0.261 e. The Labute approximate surface area is 150 Å². The Kier molecular flexibility index (Phi) is 4.30. The second-order valence-electron chi connectivity index (χ2n) is 6.33. The number of hydrogen-bond donors (Lipinski definition) is 2. The summed E-state index contributed by atoms with van der Waals surface area (Å²) in [5.74, 6) is -0.389. The quantitative estimate of drug-likeness (QED) is 0.752. The Balaban J connectivity index is 1.59. The minimum absolute atomic E-state index is 0.110. The standard InChI is InChI=1S/C19H20N4O3/c1-2-23-16(7-9-20-23)17-15(8-10-26-17)22-19(25)13-11-12-5-3-4-6-14(12)21-18(13)24/h3-7,9,11,15,17H,2,8,10H2,1H3,(H,21,24)(H,22,25)/t15-,17-/m0/s1. The first-order valence-electron chi connectivity index (χ1n) is 8.73. The highest BCUT2D eigenvalue weighted by Crippen LogP contribution is 2.29. The molecule has 1 amide bonds. The van der Waals surface area contributed by atoms with Crippen LogP contribution in [0, 0.1) is 0 Å². The Morgan fingerprint density at radius 1 is 1.38 bits per heavy atom. The summed E-state index contributed by atoms with van der Waals surface area (Å²) in [4.78, 5) is 27.8. The van der Waals surface area contributed by atoms with Crippen molar-refractivity contribution < 1.29 is 9.53 Å². The van der Waals surface area contributed by atoms with Gasteiger partial charge in [-0.1, -0.05) is 18.2 Å². The van der Waals surface area contributed by atoms with Crippen molar-refractivity contribution in [1.82, 2.24) is 20.1 Å². The van der Waals surface area contributed by atoms with Gasteiger partial charge in [-0.15, -0.1) is 0 Å². The topological polar surface area (TPSA) is 89.0 Å². The summed E-state index contributed by atoms with van der Waals surface area (Å²) in [5, 5.41) is 8.05. The van der Waals surface area contributed by atoms with Gasteiger partial charge in [-0.05, 0) is 36.9 Å². The summed E-state index contributed by atoms with van der Waals surface area (Å²) in [7, 11) is 0. The fraction of sp³-hybridized carbons (Fsp3) is 0.316. The molecule has 3 aromatic rings. The lowest BCUT2D eigenvalue weighted by Crippen LogP contribution is -2.39. The molecule has 1 aliphatic heterocycles. The number of aromatic amines is 1. The molecule has 1 aliphatic rings. The molecule has 0 aliphatic carbocycles. The van der Waals surface area contributed by atoms with Crippen LogP contribution in [-0.4, -0.2) is 33.3 Å². The number of rotatable bonds is 4. The molecule has 4 rings (SSSR count). The summed E-state index contributed by atoms with van der Waals surface area (Å²) in [6, 6.07) is 10.7. The highest BCUT2D eigenvalue weighted by molar-refractivity contribution is 5.97. The minimum Gasteiger partial charge on any atom is -0.370 e. The number of amides is 1. The van der Waals surface area contributed by atoms with Crippen molar-refractivity contribution in [1.29, 1.82) is 0 Å². The summed E-state index contributed by atoms with van der Waals surface area (Å²) >= 11 is 0. The van der Waals surface area contributed by atoms with Crippen LogP contribution in [0.3, 0.4) is 0 Å². The average Bonchev–Trinajstić information content (AvgIpc) is 3.29. The van der Waals surface area contributed by atoms with Crippen molar-refractivity contribution in [2.45, 2.75) is 32.0 Å². The van der Waals surface area contributed by atoms with Gasteiger partial charge in [-0.3, -0.25) is 14.3 Å². The van der Waals surface area contributed by atoms with Crippen molar-refractivity contribution in [3.05, 3.63) is 64.2 Å². The Morgan fingerprint density at radius 2 is 2.23 bits per heavy atom. The highest BCUT2D eigenvalue weighted by atomic mass is 16.5. The predicted octanol–water partition coefficient (Wildman–Crippen LogP) is 2.00. The number of ether oxygens (including phenoxy) is 1. The molecule has 7 nitrogen and oxygen atoms in total. The molecule has 2 aromatic heterocycles. The summed E-state index contributed by atoms with van der Waals surface area (Å²) < 4.78 is 7.69. The van der Waals surface area contributed by atoms with Gasteiger partial charge in [0.05, 0.1) is 11.7 Å².